The molecular formula is C48H30BrF9N4O10S. The number of carboxylic acid groups (broad SMARTS) is 1. The van der Waals surface area contributed by atoms with Crippen molar-refractivity contribution < 1.29 is 72.6 Å². The number of halogens is 10. The predicted octanol–water partition coefficient (Wildman–Crippen LogP) is 11.8. The molecule has 3 aromatic carbocycles. The van der Waals surface area contributed by atoms with E-state index in [0.717, 1.165) is 41.3 Å². The molecule has 0 aliphatic rings. The third-order valence-corrected chi connectivity index (χ3v) is 11.7. The van der Waals surface area contributed by atoms with Gasteiger partial charge in [0.15, 0.2) is 16.3 Å². The van der Waals surface area contributed by atoms with E-state index >= 15 is 0 Å². The van der Waals surface area contributed by atoms with Crippen LogP contribution in [0.2, 0.25) is 0 Å². The number of esters is 1. The number of amides is 1. The second-order valence-corrected chi connectivity index (χ2v) is 17.2. The highest BCUT2D eigenvalue weighted by atomic mass is 79.9. The molecule has 9 aromatic rings. The summed E-state index contributed by atoms with van der Waals surface area (Å²) in [7, 11) is 0. The van der Waals surface area contributed by atoms with Gasteiger partial charge in [-0.05, 0) is 78.0 Å². The van der Waals surface area contributed by atoms with Crippen molar-refractivity contribution in [1.82, 2.24) is 20.3 Å². The number of pyridine rings is 3. The number of alkyl halides is 9. The molecule has 6 heterocycles. The van der Waals surface area contributed by atoms with Gasteiger partial charge in [0, 0.05) is 54.8 Å². The first kappa shape index (κ1) is 52.6. The highest BCUT2D eigenvalue weighted by Gasteiger charge is 2.37. The Morgan fingerprint density at radius 1 is 0.630 bits per heavy atom. The molecule has 0 aliphatic carbocycles. The van der Waals surface area contributed by atoms with Gasteiger partial charge in [0.05, 0.1) is 71.4 Å². The minimum Gasteiger partial charge on any atom is -0.477 e. The van der Waals surface area contributed by atoms with Crippen molar-refractivity contribution in [3.63, 3.8) is 0 Å². The number of carbonyl (C=O) groups excluding carboxylic acids is 2. The zero-order valence-corrected chi connectivity index (χ0v) is 39.0. The number of benzene rings is 3. The smallest absolute Gasteiger partial charge is 0.418 e. The number of H-pyrrole nitrogens is 3. The van der Waals surface area contributed by atoms with Crippen LogP contribution in [0, 0.1) is 0 Å². The van der Waals surface area contributed by atoms with E-state index in [2.05, 4.69) is 40.9 Å². The number of aromatic carboxylic acids is 1. The molecule has 1 amide bonds. The number of carbonyl (C=O) groups is 3. The van der Waals surface area contributed by atoms with Crippen LogP contribution >= 0.6 is 27.3 Å². The van der Waals surface area contributed by atoms with E-state index in [9.17, 15) is 68.3 Å². The van der Waals surface area contributed by atoms with Crippen LogP contribution in [0.4, 0.5) is 39.5 Å². The topological polar surface area (TPSA) is 218 Å². The van der Waals surface area contributed by atoms with Crippen LogP contribution < -0.4 is 21.6 Å². The average Bonchev–Trinajstić information content (AvgIpc) is 4.16. The second kappa shape index (κ2) is 20.9. The Bertz CT molecular complexity index is 3710. The van der Waals surface area contributed by atoms with Crippen LogP contribution in [0.25, 0.3) is 55.0 Å². The second-order valence-electron chi connectivity index (χ2n) is 15.2. The van der Waals surface area contributed by atoms with Crippen LogP contribution in [0.1, 0.15) is 60.0 Å². The van der Waals surface area contributed by atoms with E-state index < -0.39 is 91.6 Å². The number of thiophene rings is 1. The van der Waals surface area contributed by atoms with Gasteiger partial charge in [0.1, 0.15) is 17.1 Å². The van der Waals surface area contributed by atoms with Gasteiger partial charge in [-0.1, -0.05) is 22.0 Å². The van der Waals surface area contributed by atoms with Crippen molar-refractivity contribution in [3.8, 4) is 22.3 Å². The van der Waals surface area contributed by atoms with Crippen molar-refractivity contribution in [3.05, 3.63) is 183 Å². The third kappa shape index (κ3) is 12.0. The lowest BCUT2D eigenvalue weighted by Gasteiger charge is -2.13. The molecule has 0 atom stereocenters. The minimum absolute atomic E-state index is 0.0470. The molecule has 0 radical (unpaired) electrons. The quantitative estimate of drug-likeness (QED) is 0.0716. The first-order valence-electron chi connectivity index (χ1n) is 20.6. The van der Waals surface area contributed by atoms with E-state index in [0.29, 0.717) is 11.1 Å². The summed E-state index contributed by atoms with van der Waals surface area (Å²) in [5.74, 6) is -3.06. The van der Waals surface area contributed by atoms with E-state index in [4.69, 9.17) is 13.9 Å². The maximum Gasteiger partial charge on any atom is 0.418 e. The van der Waals surface area contributed by atoms with Gasteiger partial charge in [-0.3, -0.25) is 19.2 Å². The molecule has 0 fully saturated rings. The molecule has 6 aromatic heterocycles. The number of furan rings is 2. The van der Waals surface area contributed by atoms with E-state index in [1.807, 2.05) is 17.5 Å². The highest BCUT2D eigenvalue weighted by Crippen LogP contribution is 2.39. The van der Waals surface area contributed by atoms with Crippen LogP contribution in [-0.2, 0) is 29.8 Å². The Labute approximate surface area is 413 Å². The summed E-state index contributed by atoms with van der Waals surface area (Å²) >= 11 is 4.37. The third-order valence-electron chi connectivity index (χ3n) is 10.4. The monoisotopic (exact) mass is 1100 g/mol. The predicted molar refractivity (Wildman–Crippen MR) is 250 cm³/mol. The van der Waals surface area contributed by atoms with E-state index in [1.165, 1.54) is 66.7 Å². The maximum atomic E-state index is 13.7. The molecule has 0 aliphatic heterocycles. The molecule has 378 valence electrons. The Morgan fingerprint density at radius 3 is 1.52 bits per heavy atom. The number of fused-ring (bicyclic) bond motifs is 3. The van der Waals surface area contributed by atoms with Gasteiger partial charge in [-0.15, -0.1) is 11.3 Å². The molecule has 0 unspecified atom stereocenters. The average molecular weight is 1110 g/mol. The summed E-state index contributed by atoms with van der Waals surface area (Å²) < 4.78 is 135. The summed E-state index contributed by atoms with van der Waals surface area (Å²) in [4.78, 5) is 79.3. The summed E-state index contributed by atoms with van der Waals surface area (Å²) in [6, 6.07) is 15.8. The minimum atomic E-state index is -4.77. The molecule has 0 bridgehead atoms. The first-order valence-corrected chi connectivity index (χ1v) is 22.3. The van der Waals surface area contributed by atoms with Gasteiger partial charge in [0.25, 0.3) is 5.91 Å². The number of hydrogen-bond acceptors (Lipinski definition) is 10. The van der Waals surface area contributed by atoms with Crippen LogP contribution in [0.5, 0.6) is 0 Å². The number of nitrogens with one attached hydrogen (secondary N) is 4. The van der Waals surface area contributed by atoms with Gasteiger partial charge >= 0.3 is 30.5 Å². The number of hydrogen-bond donors (Lipinski definition) is 5. The molecule has 25 heteroatoms. The summed E-state index contributed by atoms with van der Waals surface area (Å²) in [5.41, 5.74) is -6.85. The number of carboxylic acids is 1. The zero-order valence-electron chi connectivity index (χ0n) is 36.6. The number of aromatic nitrogens is 3. The SMILES string of the molecule is CCOC(=O)c1cc(=O)c2cc(Br)cc(C(F)(F)F)c2[nH]1.O=C(NCc1cccs1)c1cc(=O)c2cc(-c3ccoc3)cc(C(F)(F)F)c2[nH]1.O=C(O)c1cc(=O)c2cc(-c3ccoc3)cc(C(F)(F)F)c2[nH]1. The molecule has 14 nitrogen and oxygen atoms in total. The number of ether oxygens (including phenoxy) is 1. The van der Waals surface area contributed by atoms with Crippen LogP contribution in [0.15, 0.2) is 137 Å². The number of aromatic amines is 3. The molecule has 73 heavy (non-hydrogen) atoms. The van der Waals surface area contributed by atoms with Gasteiger partial charge in [-0.2, -0.15) is 39.5 Å². The molecule has 9 rings (SSSR count). The lowest BCUT2D eigenvalue weighted by atomic mass is 10.0. The Balaban J connectivity index is 0.000000163. The fourth-order valence-corrected chi connectivity index (χ4v) is 8.21. The van der Waals surface area contributed by atoms with Crippen LogP contribution in [-0.4, -0.2) is 44.5 Å². The Morgan fingerprint density at radius 2 is 1.08 bits per heavy atom. The lowest BCUT2D eigenvalue weighted by molar-refractivity contribution is -0.137. The summed E-state index contributed by atoms with van der Waals surface area (Å²) in [6.45, 7) is 1.81. The molecular weight excluding hydrogens is 1080 g/mol. The van der Waals surface area contributed by atoms with Crippen molar-refractivity contribution in [2.45, 2.75) is 32.0 Å². The largest absolute Gasteiger partial charge is 0.477 e. The molecule has 0 spiro atoms. The standard InChI is InChI=1S/C20H13F3N2O3S.C15H8F3NO4.C13H9BrF3NO3/c21-20(22,23)15-7-12(11-3-4-28-10-11)6-14-17(26)8-16(25-18(14)15)19(27)24-9-13-2-1-5-29-13;16-15(17,18)10-4-8(7-1-2-23-6-7)3-9-12(20)5-11(14(21)22)19-13(9)10;1-2-21-12(20)9-5-10(19)7-3-6(14)4-8(11(7)18-9)13(15,16)17/h1-8,10H,9H2,(H,24,27)(H,25,26);1-6H,(H,19,20)(H,21,22);3-5H,2H2,1H3,(H,18,19). The van der Waals surface area contributed by atoms with E-state index in [-0.39, 0.29) is 56.3 Å². The molecule has 0 saturated heterocycles. The highest BCUT2D eigenvalue weighted by molar-refractivity contribution is 9.10. The van der Waals surface area contributed by atoms with Crippen molar-refractivity contribution in [1.29, 1.82) is 0 Å². The Kier molecular flexibility index (Phi) is 15.1. The Hall–Kier alpha value is -8.19. The van der Waals surface area contributed by atoms with Crippen LogP contribution in [0.3, 0.4) is 0 Å². The fraction of sp³-hybridized carbons (Fsp3) is 0.125. The summed E-state index contributed by atoms with van der Waals surface area (Å²) in [6.07, 6.45) is -8.99. The molecule has 0 saturated carbocycles. The van der Waals surface area contributed by atoms with E-state index in [1.54, 1.807) is 6.92 Å². The van der Waals surface area contributed by atoms with Crippen molar-refractivity contribution in [2.24, 2.45) is 0 Å². The fourth-order valence-electron chi connectivity index (χ4n) is 7.11. The van der Waals surface area contributed by atoms with Crippen molar-refractivity contribution >= 4 is 77.8 Å². The molecule has 5 N–H and O–H groups in total. The summed E-state index contributed by atoms with van der Waals surface area (Å²) in [5, 5.41) is 12.8. The lowest BCUT2D eigenvalue weighted by Crippen LogP contribution is -2.25. The number of rotatable bonds is 8. The van der Waals surface area contributed by atoms with Crippen molar-refractivity contribution in [2.75, 3.05) is 6.61 Å². The zero-order chi connectivity index (χ0) is 53.2. The first-order chi connectivity index (χ1) is 34.3. The normalized spacial score (nSPS) is 11.7. The van der Waals surface area contributed by atoms with Gasteiger partial charge in [0.2, 0.25) is 0 Å². The van der Waals surface area contributed by atoms with Gasteiger partial charge < -0.3 is 38.9 Å². The van der Waals surface area contributed by atoms with Gasteiger partial charge in [-0.25, -0.2) is 9.59 Å². The maximum absolute atomic E-state index is 13.7.